The highest BCUT2D eigenvalue weighted by Gasteiger charge is 2.79. The van der Waals surface area contributed by atoms with E-state index in [0.717, 1.165) is 4.90 Å². The average Bonchev–Trinajstić information content (AvgIpc) is 3.69. The largest absolute Gasteiger partial charge is 0.465 e. The molecule has 3 aliphatic rings. The van der Waals surface area contributed by atoms with Crippen molar-refractivity contribution in [2.45, 2.75) is 38.1 Å². The number of amides is 2. The van der Waals surface area contributed by atoms with Crippen molar-refractivity contribution in [3.63, 3.8) is 0 Å². The number of alkyl halides is 3. The second kappa shape index (κ2) is 10.5. The molecule has 0 aliphatic carbocycles. The van der Waals surface area contributed by atoms with Gasteiger partial charge >= 0.3 is 12.1 Å². The van der Waals surface area contributed by atoms with Crippen LogP contribution in [0.15, 0.2) is 43.2 Å². The molecule has 4 atom stereocenters. The summed E-state index contributed by atoms with van der Waals surface area (Å²) in [5.41, 5.74) is -4.07. The molecule has 10 nitrogen and oxygen atoms in total. The summed E-state index contributed by atoms with van der Waals surface area (Å²) in [5, 5.41) is 2.67. The lowest BCUT2D eigenvalue weighted by molar-refractivity contribution is -0.242. The number of nitrogens with zero attached hydrogens (tertiary/aromatic N) is 4. The maximum absolute atomic E-state index is 15.2. The van der Waals surface area contributed by atoms with E-state index in [1.54, 1.807) is 35.0 Å². The van der Waals surface area contributed by atoms with Crippen LogP contribution in [0.1, 0.15) is 31.5 Å². The first kappa shape index (κ1) is 28.1. The third-order valence-electron chi connectivity index (χ3n) is 8.21. The zero-order valence-electron chi connectivity index (χ0n) is 22.2. The highest BCUT2D eigenvalue weighted by Crippen LogP contribution is 2.62. The summed E-state index contributed by atoms with van der Waals surface area (Å²) in [6.45, 7) is 3.03. The first-order valence-corrected chi connectivity index (χ1v) is 13.3. The third-order valence-corrected chi connectivity index (χ3v) is 8.21. The lowest BCUT2D eigenvalue weighted by Crippen LogP contribution is -2.55. The second-order valence-corrected chi connectivity index (χ2v) is 10.6. The van der Waals surface area contributed by atoms with Gasteiger partial charge in [-0.1, -0.05) is 12.1 Å². The minimum atomic E-state index is -4.90. The van der Waals surface area contributed by atoms with Crippen LogP contribution in [0.3, 0.4) is 0 Å². The molecule has 0 saturated carbocycles. The van der Waals surface area contributed by atoms with Crippen LogP contribution in [0, 0.1) is 10.8 Å². The number of rotatable bonds is 8. The third kappa shape index (κ3) is 4.44. The summed E-state index contributed by atoms with van der Waals surface area (Å²) in [6, 6.07) is 4.00. The second-order valence-electron chi connectivity index (χ2n) is 10.6. The Morgan fingerprint density at radius 1 is 1.27 bits per heavy atom. The highest BCUT2D eigenvalue weighted by atomic mass is 19.4. The van der Waals surface area contributed by atoms with Crippen molar-refractivity contribution in [1.29, 1.82) is 0 Å². The Hall–Kier alpha value is -3.45. The number of fused-ring (bicyclic) bond motifs is 2. The van der Waals surface area contributed by atoms with Crippen molar-refractivity contribution in [1.82, 2.24) is 24.5 Å². The van der Waals surface area contributed by atoms with Crippen molar-refractivity contribution >= 4 is 23.4 Å². The minimum Gasteiger partial charge on any atom is -0.465 e. The number of aromatic nitrogens is 2. The SMILES string of the molecule is C=CCNC(=O)C(c1cn2ccccc2n1)N1C[C@]2(C(=O)OCC)CN(C(=O)[C@@H]3CCCO3)C[C@]2(C(F)(F)F)C1. The van der Waals surface area contributed by atoms with Gasteiger partial charge in [-0.2, -0.15) is 13.2 Å². The molecule has 0 aromatic carbocycles. The van der Waals surface area contributed by atoms with Crippen LogP contribution in [0.25, 0.3) is 5.65 Å². The Bertz CT molecular complexity index is 1280. The van der Waals surface area contributed by atoms with Crippen LogP contribution < -0.4 is 5.32 Å². The number of esters is 1. The zero-order chi connectivity index (χ0) is 28.7. The number of likely N-dealkylation sites (tertiary alicyclic amines) is 2. The Kier molecular flexibility index (Phi) is 7.38. The van der Waals surface area contributed by atoms with E-state index < -0.39 is 73.1 Å². The lowest BCUT2D eigenvalue weighted by Gasteiger charge is -2.37. The van der Waals surface area contributed by atoms with Crippen LogP contribution in [-0.4, -0.2) is 95.2 Å². The molecule has 0 bridgehead atoms. The molecular weight excluding hydrogens is 531 g/mol. The number of nitrogens with one attached hydrogen (secondary N) is 1. The Labute approximate surface area is 229 Å². The van der Waals surface area contributed by atoms with Crippen LogP contribution in [0.2, 0.25) is 0 Å². The molecule has 2 aromatic rings. The Morgan fingerprint density at radius 2 is 2.08 bits per heavy atom. The molecule has 2 amide bonds. The van der Waals surface area contributed by atoms with E-state index in [9.17, 15) is 14.4 Å². The van der Waals surface area contributed by atoms with Gasteiger partial charge in [0.25, 0.3) is 5.91 Å². The van der Waals surface area contributed by atoms with E-state index in [0.29, 0.717) is 25.1 Å². The number of hydrogen-bond donors (Lipinski definition) is 1. The first-order valence-electron chi connectivity index (χ1n) is 13.3. The van der Waals surface area contributed by atoms with Gasteiger partial charge in [0.1, 0.15) is 28.6 Å². The molecule has 5 rings (SSSR count). The van der Waals surface area contributed by atoms with Crippen molar-refractivity contribution in [2.24, 2.45) is 10.8 Å². The van der Waals surface area contributed by atoms with Crippen molar-refractivity contribution in [3.05, 3.63) is 48.9 Å². The number of pyridine rings is 1. The van der Waals surface area contributed by atoms with Gasteiger partial charge in [-0.15, -0.1) is 6.58 Å². The normalized spacial score (nSPS) is 27.5. The van der Waals surface area contributed by atoms with Gasteiger partial charge in [-0.25, -0.2) is 4.98 Å². The van der Waals surface area contributed by atoms with E-state index >= 15 is 13.2 Å². The van der Waals surface area contributed by atoms with Gasteiger partial charge in [0.2, 0.25) is 5.91 Å². The van der Waals surface area contributed by atoms with Crippen LogP contribution in [0.4, 0.5) is 13.2 Å². The van der Waals surface area contributed by atoms with Crippen molar-refractivity contribution < 1.29 is 37.0 Å². The summed E-state index contributed by atoms with van der Waals surface area (Å²) in [5.74, 6) is -2.18. The van der Waals surface area contributed by atoms with E-state index in [-0.39, 0.29) is 18.8 Å². The Morgan fingerprint density at radius 3 is 2.73 bits per heavy atom. The summed E-state index contributed by atoms with van der Waals surface area (Å²) >= 11 is 0. The number of carbonyl (C=O) groups is 3. The van der Waals surface area contributed by atoms with Gasteiger partial charge in [-0.3, -0.25) is 19.3 Å². The minimum absolute atomic E-state index is 0.0909. The molecule has 3 saturated heterocycles. The van der Waals surface area contributed by atoms with E-state index in [2.05, 4.69) is 16.9 Å². The molecule has 0 radical (unpaired) electrons. The summed E-state index contributed by atoms with van der Waals surface area (Å²) in [4.78, 5) is 47.2. The van der Waals surface area contributed by atoms with Gasteiger partial charge in [-0.05, 0) is 31.9 Å². The molecule has 1 N–H and O–H groups in total. The quantitative estimate of drug-likeness (QED) is 0.388. The predicted octanol–water partition coefficient (Wildman–Crippen LogP) is 2.11. The molecule has 13 heteroatoms. The summed E-state index contributed by atoms with van der Waals surface area (Å²) < 4.78 is 58.1. The molecule has 40 heavy (non-hydrogen) atoms. The summed E-state index contributed by atoms with van der Waals surface area (Å²) in [7, 11) is 0. The maximum Gasteiger partial charge on any atom is 0.398 e. The molecule has 3 fully saturated rings. The molecule has 0 spiro atoms. The van der Waals surface area contributed by atoms with Gasteiger partial charge < -0.3 is 24.1 Å². The van der Waals surface area contributed by atoms with Gasteiger partial charge in [0, 0.05) is 51.7 Å². The molecule has 5 heterocycles. The average molecular weight is 564 g/mol. The van der Waals surface area contributed by atoms with Gasteiger partial charge in [0.05, 0.1) is 12.3 Å². The predicted molar refractivity (Wildman–Crippen MR) is 136 cm³/mol. The Balaban J connectivity index is 1.58. The molecular formula is C27H32F3N5O5. The number of hydrogen-bond acceptors (Lipinski definition) is 7. The molecule has 2 aromatic heterocycles. The number of carbonyl (C=O) groups excluding carboxylic acids is 3. The van der Waals surface area contributed by atoms with Crippen LogP contribution >= 0.6 is 0 Å². The van der Waals surface area contributed by atoms with E-state index in [1.807, 2.05) is 0 Å². The first-order chi connectivity index (χ1) is 19.1. The van der Waals surface area contributed by atoms with Crippen molar-refractivity contribution in [2.75, 3.05) is 45.9 Å². The van der Waals surface area contributed by atoms with Crippen LogP contribution in [0.5, 0.6) is 0 Å². The molecule has 3 aliphatic heterocycles. The standard InChI is InChI=1S/C27H32F3N5O5/c1-3-10-31-22(36)21(18-13-33-11-6-5-9-20(33)32-18)34-14-25(24(38)39-4-2)15-35(23(37)19-8-7-12-40-19)17-26(25,16-34)27(28,29)30/h3,5-6,9,11,13,19,21H,1,4,7-8,10,12,14-17H2,2H3,(H,31,36)/t19-,21?,25+,26+/m0/s1. The summed E-state index contributed by atoms with van der Waals surface area (Å²) in [6.07, 6.45) is 0.0686. The fraction of sp³-hybridized carbons (Fsp3) is 0.556. The maximum atomic E-state index is 15.2. The van der Waals surface area contributed by atoms with Crippen molar-refractivity contribution in [3.8, 4) is 0 Å². The van der Waals surface area contributed by atoms with Crippen LogP contribution in [-0.2, 0) is 23.9 Å². The van der Waals surface area contributed by atoms with E-state index in [1.165, 1.54) is 17.9 Å². The fourth-order valence-electron chi connectivity index (χ4n) is 6.36. The lowest BCUT2D eigenvalue weighted by atomic mass is 9.67. The molecule has 1 unspecified atom stereocenters. The highest BCUT2D eigenvalue weighted by molar-refractivity contribution is 5.87. The van der Waals surface area contributed by atoms with Gasteiger partial charge in [0.15, 0.2) is 0 Å². The monoisotopic (exact) mass is 563 g/mol. The van der Waals surface area contributed by atoms with E-state index in [4.69, 9.17) is 9.47 Å². The zero-order valence-corrected chi connectivity index (χ0v) is 22.2. The molecule has 216 valence electrons. The number of halogens is 3. The number of ether oxygens (including phenoxy) is 2. The number of imidazole rings is 1. The fourth-order valence-corrected chi connectivity index (χ4v) is 6.36. The topological polar surface area (TPSA) is 105 Å². The smallest absolute Gasteiger partial charge is 0.398 e.